The molecule has 0 fully saturated rings. The van der Waals surface area contributed by atoms with Gasteiger partial charge in [-0.1, -0.05) is 66.7 Å². The van der Waals surface area contributed by atoms with E-state index >= 15 is 0 Å². The van der Waals surface area contributed by atoms with Crippen LogP contribution in [0.25, 0.3) is 11.1 Å². The first kappa shape index (κ1) is 19.1. The molecule has 0 bridgehead atoms. The van der Waals surface area contributed by atoms with Gasteiger partial charge in [-0.15, -0.1) is 11.8 Å². The first-order valence-electron chi connectivity index (χ1n) is 9.44. The van der Waals surface area contributed by atoms with Crippen molar-refractivity contribution >= 4 is 23.2 Å². The summed E-state index contributed by atoms with van der Waals surface area (Å²) < 4.78 is 5.61. The van der Waals surface area contributed by atoms with Gasteiger partial charge in [0.25, 0.3) is 0 Å². The van der Waals surface area contributed by atoms with E-state index in [2.05, 4.69) is 12.1 Å². The number of anilines is 1. The van der Waals surface area contributed by atoms with E-state index in [0.29, 0.717) is 17.7 Å². The van der Waals surface area contributed by atoms with E-state index in [9.17, 15) is 4.79 Å². The first-order chi connectivity index (χ1) is 14.2. The zero-order valence-electron chi connectivity index (χ0n) is 15.8. The van der Waals surface area contributed by atoms with E-state index in [4.69, 9.17) is 10.2 Å². The predicted octanol–water partition coefficient (Wildman–Crippen LogP) is 6.64. The zero-order chi connectivity index (χ0) is 20.1. The van der Waals surface area contributed by atoms with Crippen LogP contribution in [0, 0.1) is 0 Å². The summed E-state index contributed by atoms with van der Waals surface area (Å²) in [5.74, 6) is 0.848. The van der Waals surface area contributed by atoms with Crippen LogP contribution in [0.4, 0.5) is 5.69 Å². The molecule has 4 aromatic rings. The van der Waals surface area contributed by atoms with E-state index in [0.717, 1.165) is 21.8 Å². The van der Waals surface area contributed by atoms with Gasteiger partial charge in [-0.25, -0.2) is 0 Å². The molecule has 0 saturated carbocycles. The van der Waals surface area contributed by atoms with Crippen molar-refractivity contribution in [3.05, 3.63) is 109 Å². The minimum atomic E-state index is -0.143. The summed E-state index contributed by atoms with van der Waals surface area (Å²) >= 11 is 1.56. The average molecular weight is 400 g/mol. The van der Waals surface area contributed by atoms with Crippen LogP contribution in [0.3, 0.4) is 0 Å². The Morgan fingerprint density at radius 1 is 0.828 bits per heavy atom. The van der Waals surface area contributed by atoms with Gasteiger partial charge in [-0.3, -0.25) is 4.79 Å². The van der Waals surface area contributed by atoms with E-state index in [-0.39, 0.29) is 11.0 Å². The van der Waals surface area contributed by atoms with Gasteiger partial charge in [0.1, 0.15) is 5.76 Å². The molecule has 0 radical (unpaired) electrons. The molecular formula is C25H21NO2S. The highest BCUT2D eigenvalue weighted by molar-refractivity contribution is 7.99. The van der Waals surface area contributed by atoms with Gasteiger partial charge in [0.05, 0.1) is 11.5 Å². The van der Waals surface area contributed by atoms with E-state index in [1.54, 1.807) is 18.0 Å². The molecule has 144 valence electrons. The largest absolute Gasteiger partial charge is 0.468 e. The minimum Gasteiger partial charge on any atom is -0.468 e. The summed E-state index contributed by atoms with van der Waals surface area (Å²) in [7, 11) is 0. The highest BCUT2D eigenvalue weighted by Gasteiger charge is 2.22. The zero-order valence-corrected chi connectivity index (χ0v) is 16.6. The molecule has 1 aromatic heterocycles. The highest BCUT2D eigenvalue weighted by Crippen LogP contribution is 2.41. The van der Waals surface area contributed by atoms with E-state index < -0.39 is 0 Å². The Morgan fingerprint density at radius 3 is 2.21 bits per heavy atom. The number of hydrogen-bond acceptors (Lipinski definition) is 4. The molecule has 3 aromatic carbocycles. The number of nitrogens with two attached hydrogens (primary N) is 1. The lowest BCUT2D eigenvalue weighted by molar-refractivity contribution is 0.0980. The molecule has 29 heavy (non-hydrogen) atoms. The van der Waals surface area contributed by atoms with E-state index in [1.807, 2.05) is 78.9 Å². The molecule has 0 aliphatic carbocycles. The second-order valence-corrected chi connectivity index (χ2v) is 7.97. The fourth-order valence-corrected chi connectivity index (χ4v) is 4.33. The number of furan rings is 1. The third-order valence-corrected chi connectivity index (χ3v) is 6.04. The molecular weight excluding hydrogens is 378 g/mol. The van der Waals surface area contributed by atoms with Crippen molar-refractivity contribution in [3.8, 4) is 11.1 Å². The van der Waals surface area contributed by atoms with Crippen LogP contribution in [0.2, 0.25) is 0 Å². The van der Waals surface area contributed by atoms with Crippen LogP contribution in [-0.2, 0) is 0 Å². The molecule has 0 aliphatic rings. The van der Waals surface area contributed by atoms with Crippen molar-refractivity contribution in [1.29, 1.82) is 0 Å². The summed E-state index contributed by atoms with van der Waals surface area (Å²) in [6.07, 6.45) is 1.97. The normalized spacial score (nSPS) is 11.9. The third kappa shape index (κ3) is 4.61. The number of carbonyl (C=O) groups excluding carboxylic acids is 1. The number of carbonyl (C=O) groups is 1. The smallest absolute Gasteiger partial charge is 0.164 e. The predicted molar refractivity (Wildman–Crippen MR) is 119 cm³/mol. The Morgan fingerprint density at radius 2 is 1.52 bits per heavy atom. The number of benzene rings is 3. The standard InChI is InChI=1S/C25H21NO2S/c26-21-9-4-5-11-24(21)29-25(23-10-6-16-28-23)17-22(27)20-14-12-19(13-15-20)18-7-2-1-3-8-18/h1-16,25H,17,26H2/t25-/m1/s1. The molecule has 0 saturated heterocycles. The summed E-state index contributed by atoms with van der Waals surface area (Å²) in [6.45, 7) is 0. The lowest BCUT2D eigenvalue weighted by atomic mass is 10.0. The quantitative estimate of drug-likeness (QED) is 0.215. The van der Waals surface area contributed by atoms with Gasteiger partial charge in [-0.2, -0.15) is 0 Å². The molecule has 0 spiro atoms. The van der Waals surface area contributed by atoms with Gasteiger partial charge >= 0.3 is 0 Å². The number of Topliss-reactive ketones (excluding diaryl/α,β-unsaturated/α-hetero) is 1. The maximum Gasteiger partial charge on any atom is 0.164 e. The van der Waals surface area contributed by atoms with Crippen LogP contribution in [-0.4, -0.2) is 5.78 Å². The van der Waals surface area contributed by atoms with Crippen molar-refractivity contribution in [2.45, 2.75) is 16.6 Å². The Labute approximate surface area is 174 Å². The minimum absolute atomic E-state index is 0.0769. The summed E-state index contributed by atoms with van der Waals surface area (Å²) in [6, 6.07) is 29.3. The summed E-state index contributed by atoms with van der Waals surface area (Å²) in [5.41, 5.74) is 9.73. The number of para-hydroxylation sites is 1. The summed E-state index contributed by atoms with van der Waals surface area (Å²) in [5, 5.41) is -0.143. The molecule has 1 atom stereocenters. The van der Waals surface area contributed by atoms with Crippen molar-refractivity contribution in [3.63, 3.8) is 0 Å². The van der Waals surface area contributed by atoms with Crippen LogP contribution >= 0.6 is 11.8 Å². The number of rotatable bonds is 7. The van der Waals surface area contributed by atoms with Gasteiger partial charge in [0, 0.05) is 22.6 Å². The summed E-state index contributed by atoms with van der Waals surface area (Å²) in [4.78, 5) is 13.9. The van der Waals surface area contributed by atoms with Gasteiger partial charge in [-0.05, 0) is 35.4 Å². The molecule has 0 amide bonds. The van der Waals surface area contributed by atoms with Crippen LogP contribution in [0.5, 0.6) is 0 Å². The van der Waals surface area contributed by atoms with E-state index in [1.165, 1.54) is 0 Å². The Bertz CT molecular complexity index is 1070. The molecule has 2 N–H and O–H groups in total. The van der Waals surface area contributed by atoms with Gasteiger partial charge in [0.2, 0.25) is 0 Å². The average Bonchev–Trinajstić information content (AvgIpc) is 3.30. The van der Waals surface area contributed by atoms with Crippen LogP contribution in [0.1, 0.15) is 27.8 Å². The van der Waals surface area contributed by atoms with Gasteiger partial charge < -0.3 is 10.2 Å². The fraction of sp³-hybridized carbons (Fsp3) is 0.0800. The second-order valence-electron chi connectivity index (χ2n) is 6.73. The SMILES string of the molecule is Nc1ccccc1S[C@H](CC(=O)c1ccc(-c2ccccc2)cc1)c1ccco1. The van der Waals surface area contributed by atoms with Crippen molar-refractivity contribution in [2.75, 3.05) is 5.73 Å². The van der Waals surface area contributed by atoms with Crippen molar-refractivity contribution in [2.24, 2.45) is 0 Å². The fourth-order valence-electron chi connectivity index (χ4n) is 3.18. The number of thioether (sulfide) groups is 1. The maximum absolute atomic E-state index is 13.0. The molecule has 0 aliphatic heterocycles. The number of ketones is 1. The lowest BCUT2D eigenvalue weighted by Crippen LogP contribution is -2.05. The van der Waals surface area contributed by atoms with Gasteiger partial charge in [0.15, 0.2) is 5.78 Å². The third-order valence-electron chi connectivity index (χ3n) is 4.73. The van der Waals surface area contributed by atoms with Crippen molar-refractivity contribution < 1.29 is 9.21 Å². The Hall–Kier alpha value is -3.24. The molecule has 3 nitrogen and oxygen atoms in total. The molecule has 0 unspecified atom stereocenters. The Balaban J connectivity index is 1.53. The number of hydrogen-bond donors (Lipinski definition) is 1. The second kappa shape index (κ2) is 8.84. The monoisotopic (exact) mass is 399 g/mol. The van der Waals surface area contributed by atoms with Crippen molar-refractivity contribution in [1.82, 2.24) is 0 Å². The first-order valence-corrected chi connectivity index (χ1v) is 10.3. The topological polar surface area (TPSA) is 56.2 Å². The van der Waals surface area contributed by atoms with Crippen LogP contribution < -0.4 is 5.73 Å². The van der Waals surface area contributed by atoms with Crippen LogP contribution in [0.15, 0.2) is 107 Å². The Kier molecular flexibility index (Phi) is 5.82. The lowest BCUT2D eigenvalue weighted by Gasteiger charge is -2.15. The molecule has 1 heterocycles. The number of nitrogen functional groups attached to an aromatic ring is 1. The highest BCUT2D eigenvalue weighted by atomic mass is 32.2. The maximum atomic E-state index is 13.0. The molecule has 4 rings (SSSR count). The molecule has 4 heteroatoms.